The van der Waals surface area contributed by atoms with E-state index in [0.717, 1.165) is 32.6 Å². The summed E-state index contributed by atoms with van der Waals surface area (Å²) in [5.74, 6) is 0. The van der Waals surface area contributed by atoms with Crippen molar-refractivity contribution in [1.82, 2.24) is 5.32 Å². The van der Waals surface area contributed by atoms with E-state index in [-0.39, 0.29) is 5.54 Å². The number of hydrogen-bond acceptors (Lipinski definition) is 3. The van der Waals surface area contributed by atoms with Crippen molar-refractivity contribution in [3.8, 4) is 0 Å². The Morgan fingerprint density at radius 1 is 1.05 bits per heavy atom. The van der Waals surface area contributed by atoms with Gasteiger partial charge in [0.25, 0.3) is 0 Å². The lowest BCUT2D eigenvalue weighted by Gasteiger charge is -2.21. The zero-order valence-corrected chi connectivity index (χ0v) is 13.4. The van der Waals surface area contributed by atoms with Crippen molar-refractivity contribution in [3.05, 3.63) is 35.4 Å². The Morgan fingerprint density at radius 2 is 1.75 bits per heavy atom. The summed E-state index contributed by atoms with van der Waals surface area (Å²) < 4.78 is 10.7. The van der Waals surface area contributed by atoms with E-state index in [1.165, 1.54) is 11.1 Å². The van der Waals surface area contributed by atoms with Crippen LogP contribution in [-0.2, 0) is 22.5 Å². The van der Waals surface area contributed by atoms with Crippen molar-refractivity contribution in [1.29, 1.82) is 0 Å². The summed E-state index contributed by atoms with van der Waals surface area (Å²) in [4.78, 5) is 0. The molecule has 0 bridgehead atoms. The van der Waals surface area contributed by atoms with Crippen LogP contribution in [0.2, 0.25) is 0 Å². The van der Waals surface area contributed by atoms with E-state index in [1.54, 1.807) is 7.11 Å². The van der Waals surface area contributed by atoms with Crippen molar-refractivity contribution in [2.24, 2.45) is 0 Å². The topological polar surface area (TPSA) is 30.5 Å². The maximum absolute atomic E-state index is 5.71. The summed E-state index contributed by atoms with van der Waals surface area (Å²) in [5, 5.41) is 3.52. The first kappa shape index (κ1) is 17.2. The Bertz CT molecular complexity index is 371. The number of benzene rings is 1. The molecule has 114 valence electrons. The highest BCUT2D eigenvalue weighted by atomic mass is 16.5. The highest BCUT2D eigenvalue weighted by molar-refractivity contribution is 5.26. The molecule has 0 heterocycles. The highest BCUT2D eigenvalue weighted by Crippen LogP contribution is 2.11. The standard InChI is InChI=1S/C17H29NO2/c1-17(2,3)18-11-10-15-8-5-6-9-16(15)14-20-13-7-12-19-4/h5-6,8-9,18H,7,10-14H2,1-4H3. The minimum atomic E-state index is 0.172. The van der Waals surface area contributed by atoms with Crippen molar-refractivity contribution in [3.63, 3.8) is 0 Å². The summed E-state index contributed by atoms with van der Waals surface area (Å²) >= 11 is 0. The Kier molecular flexibility index (Phi) is 7.82. The van der Waals surface area contributed by atoms with E-state index < -0.39 is 0 Å². The first-order valence-electron chi connectivity index (χ1n) is 7.41. The van der Waals surface area contributed by atoms with Gasteiger partial charge in [0.15, 0.2) is 0 Å². The lowest BCUT2D eigenvalue weighted by molar-refractivity contribution is 0.0925. The SMILES string of the molecule is COCCCOCc1ccccc1CCNC(C)(C)C. The van der Waals surface area contributed by atoms with Gasteiger partial charge in [-0.3, -0.25) is 0 Å². The molecule has 0 amide bonds. The summed E-state index contributed by atoms with van der Waals surface area (Å²) in [6.07, 6.45) is 1.99. The molecule has 3 nitrogen and oxygen atoms in total. The third-order valence-corrected chi connectivity index (χ3v) is 3.06. The summed E-state index contributed by atoms with van der Waals surface area (Å²) in [5.41, 5.74) is 2.84. The molecule has 0 fully saturated rings. The Labute approximate surface area is 123 Å². The minimum Gasteiger partial charge on any atom is -0.385 e. The number of ether oxygens (including phenoxy) is 2. The second kappa shape index (κ2) is 9.11. The molecule has 1 aromatic rings. The average molecular weight is 279 g/mol. The van der Waals surface area contributed by atoms with Crippen LogP contribution in [0.15, 0.2) is 24.3 Å². The fourth-order valence-electron chi connectivity index (χ4n) is 2.00. The molecule has 1 rings (SSSR count). The van der Waals surface area contributed by atoms with Crippen molar-refractivity contribution in [2.75, 3.05) is 26.9 Å². The van der Waals surface area contributed by atoms with E-state index in [1.807, 2.05) is 0 Å². The molecule has 0 atom stereocenters. The van der Waals surface area contributed by atoms with Crippen LogP contribution in [0.5, 0.6) is 0 Å². The van der Waals surface area contributed by atoms with E-state index in [2.05, 4.69) is 50.4 Å². The third kappa shape index (κ3) is 7.63. The molecule has 0 aliphatic carbocycles. The molecule has 0 radical (unpaired) electrons. The number of hydrogen-bond donors (Lipinski definition) is 1. The summed E-state index contributed by atoms with van der Waals surface area (Å²) in [6, 6.07) is 8.52. The number of methoxy groups -OCH3 is 1. The van der Waals surface area contributed by atoms with Crippen LogP contribution < -0.4 is 5.32 Å². The maximum Gasteiger partial charge on any atom is 0.0719 e. The largest absolute Gasteiger partial charge is 0.385 e. The van der Waals surface area contributed by atoms with Gasteiger partial charge < -0.3 is 14.8 Å². The van der Waals surface area contributed by atoms with Crippen molar-refractivity contribution >= 4 is 0 Å². The molecule has 0 aliphatic rings. The van der Waals surface area contributed by atoms with E-state index >= 15 is 0 Å². The van der Waals surface area contributed by atoms with Crippen LogP contribution in [0.4, 0.5) is 0 Å². The molecule has 1 N–H and O–H groups in total. The van der Waals surface area contributed by atoms with Gasteiger partial charge in [0, 0.05) is 25.9 Å². The molecule has 0 aromatic heterocycles. The normalized spacial score (nSPS) is 11.8. The van der Waals surface area contributed by atoms with E-state index in [0.29, 0.717) is 6.61 Å². The number of rotatable bonds is 9. The van der Waals surface area contributed by atoms with Gasteiger partial charge in [-0.05, 0) is 51.3 Å². The van der Waals surface area contributed by atoms with Gasteiger partial charge in [-0.1, -0.05) is 24.3 Å². The van der Waals surface area contributed by atoms with Crippen LogP contribution in [0.3, 0.4) is 0 Å². The zero-order chi connectivity index (χ0) is 14.8. The first-order chi connectivity index (χ1) is 9.53. The fraction of sp³-hybridized carbons (Fsp3) is 0.647. The van der Waals surface area contributed by atoms with Crippen LogP contribution in [0.1, 0.15) is 38.3 Å². The summed E-state index contributed by atoms with van der Waals surface area (Å²) in [6.45, 7) is 9.77. The van der Waals surface area contributed by atoms with Gasteiger partial charge in [0.2, 0.25) is 0 Å². The predicted molar refractivity (Wildman–Crippen MR) is 84.1 cm³/mol. The molecular formula is C17H29NO2. The van der Waals surface area contributed by atoms with Gasteiger partial charge >= 0.3 is 0 Å². The third-order valence-electron chi connectivity index (χ3n) is 3.06. The molecule has 3 heteroatoms. The Hall–Kier alpha value is -0.900. The molecule has 0 unspecified atom stereocenters. The zero-order valence-electron chi connectivity index (χ0n) is 13.4. The highest BCUT2D eigenvalue weighted by Gasteiger charge is 2.08. The Balaban J connectivity index is 2.38. The van der Waals surface area contributed by atoms with Crippen LogP contribution in [-0.4, -0.2) is 32.4 Å². The molecule has 0 spiro atoms. The number of nitrogens with one attached hydrogen (secondary N) is 1. The van der Waals surface area contributed by atoms with E-state index in [9.17, 15) is 0 Å². The summed E-state index contributed by atoms with van der Waals surface area (Å²) in [7, 11) is 1.72. The second-order valence-electron chi connectivity index (χ2n) is 6.09. The van der Waals surface area contributed by atoms with Gasteiger partial charge in [-0.15, -0.1) is 0 Å². The van der Waals surface area contributed by atoms with Gasteiger partial charge in [0.1, 0.15) is 0 Å². The maximum atomic E-state index is 5.71. The van der Waals surface area contributed by atoms with Gasteiger partial charge in [-0.2, -0.15) is 0 Å². The van der Waals surface area contributed by atoms with Gasteiger partial charge in [0.05, 0.1) is 6.61 Å². The lowest BCUT2D eigenvalue weighted by Crippen LogP contribution is -2.37. The molecule has 1 aromatic carbocycles. The minimum absolute atomic E-state index is 0.172. The first-order valence-corrected chi connectivity index (χ1v) is 7.41. The average Bonchev–Trinajstić information content (AvgIpc) is 2.39. The Morgan fingerprint density at radius 3 is 2.40 bits per heavy atom. The molecule has 0 saturated carbocycles. The van der Waals surface area contributed by atoms with E-state index in [4.69, 9.17) is 9.47 Å². The molecule has 20 heavy (non-hydrogen) atoms. The lowest BCUT2D eigenvalue weighted by atomic mass is 10.0. The second-order valence-corrected chi connectivity index (χ2v) is 6.09. The smallest absolute Gasteiger partial charge is 0.0719 e. The van der Waals surface area contributed by atoms with Crippen LogP contribution >= 0.6 is 0 Å². The van der Waals surface area contributed by atoms with Crippen molar-refractivity contribution in [2.45, 2.75) is 45.8 Å². The fourth-order valence-corrected chi connectivity index (χ4v) is 2.00. The quantitative estimate of drug-likeness (QED) is 0.704. The molecule has 0 aliphatic heterocycles. The molecular weight excluding hydrogens is 250 g/mol. The predicted octanol–water partition coefficient (Wildman–Crippen LogP) is 3.17. The van der Waals surface area contributed by atoms with Crippen LogP contribution in [0, 0.1) is 0 Å². The monoisotopic (exact) mass is 279 g/mol. The van der Waals surface area contributed by atoms with Crippen molar-refractivity contribution < 1.29 is 9.47 Å². The van der Waals surface area contributed by atoms with Gasteiger partial charge in [-0.25, -0.2) is 0 Å². The van der Waals surface area contributed by atoms with Crippen LogP contribution in [0.25, 0.3) is 0 Å². The molecule has 0 saturated heterocycles.